The molecule has 2 aromatic carbocycles. The van der Waals surface area contributed by atoms with Crippen LogP contribution in [-0.4, -0.2) is 28.6 Å². The number of carbonyl (C=O) groups excluding carboxylic acids is 1. The van der Waals surface area contributed by atoms with Gasteiger partial charge in [0.05, 0.1) is 32.3 Å². The molecule has 0 bridgehead atoms. The van der Waals surface area contributed by atoms with Gasteiger partial charge in [-0.15, -0.1) is 0 Å². The van der Waals surface area contributed by atoms with Gasteiger partial charge in [0.15, 0.2) is 0 Å². The first-order chi connectivity index (χ1) is 13.4. The van der Waals surface area contributed by atoms with Gasteiger partial charge in [-0.3, -0.25) is 0 Å². The van der Waals surface area contributed by atoms with Crippen molar-refractivity contribution in [3.05, 3.63) is 72.2 Å². The largest absolute Gasteiger partial charge is 0.495 e. The van der Waals surface area contributed by atoms with Crippen molar-refractivity contribution in [2.75, 3.05) is 14.2 Å². The van der Waals surface area contributed by atoms with Gasteiger partial charge in [-0.25, -0.2) is 17.9 Å². The Morgan fingerprint density at radius 2 is 1.79 bits per heavy atom. The first-order valence-electron chi connectivity index (χ1n) is 8.32. The van der Waals surface area contributed by atoms with Crippen LogP contribution in [0.25, 0.3) is 11.1 Å². The number of benzene rings is 2. The molecule has 7 nitrogen and oxygen atoms in total. The van der Waals surface area contributed by atoms with Crippen LogP contribution in [0.2, 0.25) is 0 Å². The van der Waals surface area contributed by atoms with Crippen molar-refractivity contribution in [3.8, 4) is 16.9 Å². The van der Waals surface area contributed by atoms with Crippen molar-refractivity contribution >= 4 is 16.0 Å². The topological polar surface area (TPSA) is 94.8 Å². The minimum atomic E-state index is -3.92. The minimum Gasteiger partial charge on any atom is -0.495 e. The van der Waals surface area contributed by atoms with Gasteiger partial charge >= 0.3 is 5.97 Å². The van der Waals surface area contributed by atoms with E-state index in [2.05, 4.69) is 9.46 Å². The summed E-state index contributed by atoms with van der Waals surface area (Å²) in [6.45, 7) is 0.0829. The Labute approximate surface area is 162 Å². The Balaban J connectivity index is 1.79. The molecule has 0 aliphatic heterocycles. The molecule has 1 aromatic heterocycles. The summed E-state index contributed by atoms with van der Waals surface area (Å²) in [7, 11) is -1.33. The zero-order valence-electron chi connectivity index (χ0n) is 15.3. The van der Waals surface area contributed by atoms with Gasteiger partial charge in [0, 0.05) is 12.1 Å². The molecule has 3 aromatic rings. The van der Waals surface area contributed by atoms with Crippen molar-refractivity contribution in [3.63, 3.8) is 0 Å². The van der Waals surface area contributed by atoms with Crippen molar-refractivity contribution in [2.24, 2.45) is 0 Å². The van der Waals surface area contributed by atoms with Crippen LogP contribution in [0.4, 0.5) is 0 Å². The maximum atomic E-state index is 12.7. The van der Waals surface area contributed by atoms with E-state index in [1.807, 2.05) is 30.3 Å². The summed E-state index contributed by atoms with van der Waals surface area (Å²) in [5.41, 5.74) is 2.80. The summed E-state index contributed by atoms with van der Waals surface area (Å²) >= 11 is 0. The lowest BCUT2D eigenvalue weighted by Gasteiger charge is -2.12. The Morgan fingerprint density at radius 3 is 2.39 bits per heavy atom. The molecule has 0 fully saturated rings. The van der Waals surface area contributed by atoms with Gasteiger partial charge < -0.3 is 13.9 Å². The number of carbonyl (C=O) groups is 1. The highest BCUT2D eigenvalue weighted by Gasteiger charge is 2.21. The van der Waals surface area contributed by atoms with Crippen LogP contribution in [0, 0.1) is 0 Å². The number of esters is 1. The molecule has 0 amide bonds. The van der Waals surface area contributed by atoms with E-state index in [1.165, 1.54) is 32.4 Å². The normalized spacial score (nSPS) is 11.2. The number of nitrogens with one attached hydrogen (secondary N) is 1. The predicted molar refractivity (Wildman–Crippen MR) is 103 cm³/mol. The number of furan rings is 1. The number of methoxy groups -OCH3 is 2. The second kappa shape index (κ2) is 8.28. The molecule has 28 heavy (non-hydrogen) atoms. The molecule has 0 unspecified atom stereocenters. The molecule has 0 saturated carbocycles. The molecule has 0 spiro atoms. The van der Waals surface area contributed by atoms with E-state index in [-0.39, 0.29) is 22.8 Å². The lowest BCUT2D eigenvalue weighted by molar-refractivity contribution is 0.0600. The molecule has 8 heteroatoms. The molecule has 0 aliphatic carbocycles. The lowest BCUT2D eigenvalue weighted by Crippen LogP contribution is -2.24. The average Bonchev–Trinajstić information content (AvgIpc) is 3.26. The van der Waals surface area contributed by atoms with Crippen molar-refractivity contribution in [1.82, 2.24) is 4.72 Å². The molecule has 3 rings (SSSR count). The van der Waals surface area contributed by atoms with Crippen LogP contribution in [0.3, 0.4) is 0 Å². The first-order valence-corrected chi connectivity index (χ1v) is 9.80. The lowest BCUT2D eigenvalue weighted by atomic mass is 10.1. The standard InChI is InChI=1S/C20H19NO6S/c1-25-18-8-7-16(20(22)26-2)11-19(18)28(23,24)21-12-14-3-5-15(6-4-14)17-9-10-27-13-17/h3-11,13,21H,12H2,1-2H3. The highest BCUT2D eigenvalue weighted by molar-refractivity contribution is 7.89. The van der Waals surface area contributed by atoms with Crippen LogP contribution in [0.1, 0.15) is 15.9 Å². The number of sulfonamides is 1. The number of hydrogen-bond donors (Lipinski definition) is 1. The van der Waals surface area contributed by atoms with E-state index in [1.54, 1.807) is 12.5 Å². The third-order valence-electron chi connectivity index (χ3n) is 4.15. The van der Waals surface area contributed by atoms with Crippen LogP contribution >= 0.6 is 0 Å². The van der Waals surface area contributed by atoms with Crippen LogP contribution in [-0.2, 0) is 21.3 Å². The summed E-state index contributed by atoms with van der Waals surface area (Å²) in [5, 5.41) is 0. The molecular weight excluding hydrogens is 382 g/mol. The summed E-state index contributed by atoms with van der Waals surface area (Å²) in [6, 6.07) is 13.4. The second-order valence-electron chi connectivity index (χ2n) is 5.89. The van der Waals surface area contributed by atoms with Crippen molar-refractivity contribution in [1.29, 1.82) is 0 Å². The Bertz CT molecular complexity index is 1060. The van der Waals surface area contributed by atoms with E-state index in [4.69, 9.17) is 9.15 Å². The maximum absolute atomic E-state index is 12.7. The second-order valence-corrected chi connectivity index (χ2v) is 7.63. The average molecular weight is 401 g/mol. The Morgan fingerprint density at radius 1 is 1.04 bits per heavy atom. The zero-order valence-corrected chi connectivity index (χ0v) is 16.2. The fraction of sp³-hybridized carbons (Fsp3) is 0.150. The van der Waals surface area contributed by atoms with Crippen LogP contribution in [0.15, 0.2) is 70.4 Å². The van der Waals surface area contributed by atoms with Gasteiger partial charge in [-0.05, 0) is 35.4 Å². The molecule has 1 N–H and O–H groups in total. The highest BCUT2D eigenvalue weighted by Crippen LogP contribution is 2.26. The monoisotopic (exact) mass is 401 g/mol. The molecule has 1 heterocycles. The fourth-order valence-electron chi connectivity index (χ4n) is 2.63. The van der Waals surface area contributed by atoms with E-state index >= 15 is 0 Å². The van der Waals surface area contributed by atoms with Crippen LogP contribution < -0.4 is 9.46 Å². The molecular formula is C20H19NO6S. The molecule has 0 atom stereocenters. The van der Waals surface area contributed by atoms with Gasteiger partial charge in [0.1, 0.15) is 10.6 Å². The van der Waals surface area contributed by atoms with Gasteiger partial charge in [-0.1, -0.05) is 24.3 Å². The number of hydrogen-bond acceptors (Lipinski definition) is 6. The first kappa shape index (κ1) is 19.7. The van der Waals surface area contributed by atoms with Crippen LogP contribution in [0.5, 0.6) is 5.75 Å². The summed E-state index contributed by atoms with van der Waals surface area (Å²) in [6.07, 6.45) is 3.23. The molecule has 0 radical (unpaired) electrons. The van der Waals surface area contributed by atoms with E-state index in [0.29, 0.717) is 0 Å². The van der Waals surface area contributed by atoms with Gasteiger partial charge in [0.25, 0.3) is 0 Å². The summed E-state index contributed by atoms with van der Waals surface area (Å²) in [4.78, 5) is 11.6. The predicted octanol–water partition coefficient (Wildman–Crippen LogP) is 3.22. The zero-order chi connectivity index (χ0) is 20.1. The summed E-state index contributed by atoms with van der Waals surface area (Å²) < 4.78 is 42.9. The van der Waals surface area contributed by atoms with Crippen molar-refractivity contribution in [2.45, 2.75) is 11.4 Å². The molecule has 0 saturated heterocycles. The molecule has 0 aliphatic rings. The molecule has 146 valence electrons. The maximum Gasteiger partial charge on any atom is 0.337 e. The number of ether oxygens (including phenoxy) is 2. The smallest absolute Gasteiger partial charge is 0.337 e. The van der Waals surface area contributed by atoms with Crippen molar-refractivity contribution < 1.29 is 27.1 Å². The minimum absolute atomic E-state index is 0.0829. The van der Waals surface area contributed by atoms with Gasteiger partial charge in [0.2, 0.25) is 10.0 Å². The van der Waals surface area contributed by atoms with Gasteiger partial charge in [-0.2, -0.15) is 0 Å². The van der Waals surface area contributed by atoms with E-state index < -0.39 is 16.0 Å². The Hall–Kier alpha value is -3.10. The van der Waals surface area contributed by atoms with E-state index in [9.17, 15) is 13.2 Å². The Kier molecular flexibility index (Phi) is 5.81. The highest BCUT2D eigenvalue weighted by atomic mass is 32.2. The third kappa shape index (κ3) is 4.24. The fourth-order valence-corrected chi connectivity index (χ4v) is 3.84. The SMILES string of the molecule is COC(=O)c1ccc(OC)c(S(=O)(=O)NCc2ccc(-c3ccoc3)cc2)c1. The third-order valence-corrected chi connectivity index (χ3v) is 5.57. The number of rotatable bonds is 7. The van der Waals surface area contributed by atoms with E-state index in [0.717, 1.165) is 16.7 Å². The quantitative estimate of drug-likeness (QED) is 0.611. The summed E-state index contributed by atoms with van der Waals surface area (Å²) in [5.74, 6) is -0.496.